The van der Waals surface area contributed by atoms with Crippen LogP contribution in [0.3, 0.4) is 0 Å². The number of benzene rings is 1. The second kappa shape index (κ2) is 7.14. The number of piperidine rings is 1. The molecule has 6 nitrogen and oxygen atoms in total. The van der Waals surface area contributed by atoms with E-state index in [9.17, 15) is 13.6 Å². The molecule has 9 heteroatoms. The molecule has 1 saturated heterocycles. The third-order valence-corrected chi connectivity index (χ3v) is 5.71. The number of fused-ring (bicyclic) bond motifs is 1. The molecule has 3 heterocycles. The lowest BCUT2D eigenvalue weighted by molar-refractivity contribution is -0.0423. The van der Waals surface area contributed by atoms with Gasteiger partial charge in [0.25, 0.3) is 11.8 Å². The Morgan fingerprint density at radius 2 is 2.32 bits per heavy atom. The lowest BCUT2D eigenvalue weighted by Gasteiger charge is -2.33. The molecule has 28 heavy (non-hydrogen) atoms. The minimum atomic E-state index is -3.00. The number of halogens is 2. The Morgan fingerprint density at radius 1 is 1.50 bits per heavy atom. The number of nitrogens with two attached hydrogens (primary N) is 1. The number of primary amides is 1. The summed E-state index contributed by atoms with van der Waals surface area (Å²) in [5.41, 5.74) is 7.97. The zero-order valence-electron chi connectivity index (χ0n) is 15.1. The highest BCUT2D eigenvalue weighted by Crippen LogP contribution is 2.47. The maximum Gasteiger partial charge on any atom is 0.267 e. The Morgan fingerprint density at radius 3 is 3.00 bits per heavy atom. The molecule has 1 atom stereocenters. The molecule has 1 fully saturated rings. The Kier molecular flexibility index (Phi) is 4.80. The van der Waals surface area contributed by atoms with E-state index in [0.717, 1.165) is 4.88 Å². The maximum absolute atomic E-state index is 14.8. The van der Waals surface area contributed by atoms with Crippen molar-refractivity contribution < 1.29 is 22.7 Å². The van der Waals surface area contributed by atoms with Gasteiger partial charge in [-0.2, -0.15) is 0 Å². The number of amides is 1. The van der Waals surface area contributed by atoms with Crippen molar-refractivity contribution in [2.24, 2.45) is 5.73 Å². The van der Waals surface area contributed by atoms with Gasteiger partial charge >= 0.3 is 0 Å². The van der Waals surface area contributed by atoms with Crippen molar-refractivity contribution in [3.8, 4) is 5.75 Å². The Hall–Kier alpha value is -2.52. The SMILES string of the molecule is Cc1oc2ccc(OCc3cncs3)c(C3CCNCC3(F)F)c2c1C(N)=O. The molecule has 0 aliphatic carbocycles. The van der Waals surface area contributed by atoms with E-state index in [1.807, 2.05) is 0 Å². The van der Waals surface area contributed by atoms with Gasteiger partial charge in [-0.05, 0) is 32.0 Å². The molecule has 1 unspecified atom stereocenters. The van der Waals surface area contributed by atoms with Crippen molar-refractivity contribution in [2.75, 3.05) is 13.1 Å². The van der Waals surface area contributed by atoms with E-state index in [2.05, 4.69) is 10.3 Å². The summed E-state index contributed by atoms with van der Waals surface area (Å²) >= 11 is 1.41. The number of hydrogen-bond donors (Lipinski definition) is 2. The number of thiazole rings is 1. The van der Waals surface area contributed by atoms with Crippen LogP contribution in [0.5, 0.6) is 5.75 Å². The first-order chi connectivity index (χ1) is 13.4. The second-order valence-corrected chi connectivity index (χ2v) is 7.75. The highest BCUT2D eigenvalue weighted by Gasteiger charge is 2.45. The number of nitrogens with zero attached hydrogens (tertiary/aromatic N) is 1. The number of aryl methyl sites for hydroxylation is 1. The molecule has 0 bridgehead atoms. The van der Waals surface area contributed by atoms with Crippen molar-refractivity contribution in [1.29, 1.82) is 0 Å². The zero-order chi connectivity index (χ0) is 19.9. The van der Waals surface area contributed by atoms with Crippen molar-refractivity contribution >= 4 is 28.2 Å². The lowest BCUT2D eigenvalue weighted by Crippen LogP contribution is -2.44. The Balaban J connectivity index is 1.90. The van der Waals surface area contributed by atoms with Crippen molar-refractivity contribution in [2.45, 2.75) is 31.8 Å². The molecule has 3 N–H and O–H groups in total. The fourth-order valence-corrected chi connectivity index (χ4v) is 4.24. The first kappa shape index (κ1) is 18.8. The third-order valence-electron chi connectivity index (χ3n) is 4.96. The number of carbonyl (C=O) groups is 1. The fraction of sp³-hybridized carbons (Fsp3) is 0.368. The largest absolute Gasteiger partial charge is 0.488 e. The van der Waals surface area contributed by atoms with Crippen LogP contribution in [-0.4, -0.2) is 29.9 Å². The molecule has 0 radical (unpaired) electrons. The van der Waals surface area contributed by atoms with Crippen molar-refractivity contribution in [3.05, 3.63) is 45.6 Å². The van der Waals surface area contributed by atoms with Gasteiger partial charge < -0.3 is 20.2 Å². The van der Waals surface area contributed by atoms with Crippen LogP contribution in [0.15, 0.2) is 28.3 Å². The molecule has 1 amide bonds. The number of carbonyl (C=O) groups excluding carboxylic acids is 1. The van der Waals surface area contributed by atoms with Crippen LogP contribution in [0.4, 0.5) is 8.78 Å². The van der Waals surface area contributed by atoms with Gasteiger partial charge in [0.2, 0.25) is 0 Å². The minimum Gasteiger partial charge on any atom is -0.488 e. The number of aromatic nitrogens is 1. The number of nitrogens with one attached hydrogen (secondary N) is 1. The van der Waals surface area contributed by atoms with Crippen LogP contribution in [0, 0.1) is 6.92 Å². The van der Waals surface area contributed by atoms with E-state index in [4.69, 9.17) is 14.9 Å². The van der Waals surface area contributed by atoms with Gasteiger partial charge in [-0.1, -0.05) is 0 Å². The van der Waals surface area contributed by atoms with Gasteiger partial charge in [-0.25, -0.2) is 8.78 Å². The molecule has 4 rings (SSSR count). The van der Waals surface area contributed by atoms with Crippen LogP contribution in [-0.2, 0) is 6.61 Å². The fourth-order valence-electron chi connectivity index (χ4n) is 3.74. The zero-order valence-corrected chi connectivity index (χ0v) is 15.9. The maximum atomic E-state index is 14.8. The molecule has 148 valence electrons. The highest BCUT2D eigenvalue weighted by molar-refractivity contribution is 7.09. The van der Waals surface area contributed by atoms with E-state index in [-0.39, 0.29) is 24.2 Å². The van der Waals surface area contributed by atoms with Crippen LogP contribution < -0.4 is 15.8 Å². The van der Waals surface area contributed by atoms with E-state index in [0.29, 0.717) is 29.0 Å². The monoisotopic (exact) mass is 407 g/mol. The van der Waals surface area contributed by atoms with Gasteiger partial charge in [-0.3, -0.25) is 9.78 Å². The second-order valence-electron chi connectivity index (χ2n) is 6.78. The first-order valence-corrected chi connectivity index (χ1v) is 9.71. The molecular weight excluding hydrogens is 388 g/mol. The summed E-state index contributed by atoms with van der Waals surface area (Å²) in [6.45, 7) is 1.80. The van der Waals surface area contributed by atoms with Gasteiger partial charge in [0.1, 0.15) is 23.7 Å². The number of furan rings is 1. The molecule has 0 spiro atoms. The first-order valence-electron chi connectivity index (χ1n) is 8.83. The Bertz CT molecular complexity index is 1020. The van der Waals surface area contributed by atoms with E-state index in [1.54, 1.807) is 30.8 Å². The predicted octanol–water partition coefficient (Wildman–Crippen LogP) is 3.59. The van der Waals surface area contributed by atoms with E-state index < -0.39 is 24.3 Å². The normalized spacial score (nSPS) is 19.0. The van der Waals surface area contributed by atoms with Gasteiger partial charge in [-0.15, -0.1) is 11.3 Å². The summed E-state index contributed by atoms with van der Waals surface area (Å²) in [5.74, 6) is -4.23. The average Bonchev–Trinajstić information content (AvgIpc) is 3.26. The smallest absolute Gasteiger partial charge is 0.267 e. The summed E-state index contributed by atoms with van der Waals surface area (Å²) in [4.78, 5) is 16.9. The summed E-state index contributed by atoms with van der Waals surface area (Å²) in [6, 6.07) is 3.24. The number of hydrogen-bond acceptors (Lipinski definition) is 6. The summed E-state index contributed by atoms with van der Waals surface area (Å²) in [5, 5.41) is 3.04. The Labute approximate surface area is 163 Å². The van der Waals surface area contributed by atoms with E-state index in [1.165, 1.54) is 11.3 Å². The highest BCUT2D eigenvalue weighted by atomic mass is 32.1. The lowest BCUT2D eigenvalue weighted by atomic mass is 9.83. The van der Waals surface area contributed by atoms with Crippen molar-refractivity contribution in [3.63, 3.8) is 0 Å². The molecule has 3 aromatic rings. The van der Waals surface area contributed by atoms with Crippen LogP contribution in [0.2, 0.25) is 0 Å². The summed E-state index contributed by atoms with van der Waals surface area (Å²) in [6.07, 6.45) is 1.87. The topological polar surface area (TPSA) is 90.4 Å². The molecular formula is C19H19F2N3O3S. The molecule has 1 aliphatic heterocycles. The number of alkyl halides is 2. The van der Waals surface area contributed by atoms with E-state index >= 15 is 0 Å². The molecule has 2 aromatic heterocycles. The van der Waals surface area contributed by atoms with Gasteiger partial charge in [0.15, 0.2) is 0 Å². The number of rotatable bonds is 5. The molecule has 1 aromatic carbocycles. The average molecular weight is 407 g/mol. The summed E-state index contributed by atoms with van der Waals surface area (Å²) < 4.78 is 41.2. The summed E-state index contributed by atoms with van der Waals surface area (Å²) in [7, 11) is 0. The predicted molar refractivity (Wildman–Crippen MR) is 101 cm³/mol. The minimum absolute atomic E-state index is 0.127. The third kappa shape index (κ3) is 3.24. The standard InChI is InChI=1S/C19H19F2N3O3S/c1-10-15(18(22)25)17-14(27-10)3-2-13(26-7-11-6-24-9-28-11)16(17)12-4-5-23-8-19(12,20)21/h2-3,6,9,12,23H,4-5,7-8H2,1H3,(H2,22,25). The van der Waals surface area contributed by atoms with Crippen molar-refractivity contribution in [1.82, 2.24) is 10.3 Å². The molecule has 1 aliphatic rings. The molecule has 0 saturated carbocycles. The van der Waals surface area contributed by atoms with Gasteiger partial charge in [0, 0.05) is 17.1 Å². The van der Waals surface area contributed by atoms with Crippen LogP contribution >= 0.6 is 11.3 Å². The number of ether oxygens (including phenoxy) is 1. The van der Waals surface area contributed by atoms with Crippen LogP contribution in [0.1, 0.15) is 38.9 Å². The van der Waals surface area contributed by atoms with Gasteiger partial charge in [0.05, 0.1) is 28.4 Å². The quantitative estimate of drug-likeness (QED) is 0.675. The van der Waals surface area contributed by atoms with Crippen LogP contribution in [0.25, 0.3) is 11.0 Å².